The maximum atomic E-state index is 11.3. The van der Waals surface area contributed by atoms with Crippen LogP contribution < -0.4 is 5.32 Å². The summed E-state index contributed by atoms with van der Waals surface area (Å²) in [5, 5.41) is 3.29. The zero-order chi connectivity index (χ0) is 12.1. The summed E-state index contributed by atoms with van der Waals surface area (Å²) in [4.78, 5) is 11.3. The Morgan fingerprint density at radius 3 is 3.12 bits per heavy atom. The number of rotatable bonds is 4. The van der Waals surface area contributed by atoms with E-state index >= 15 is 0 Å². The van der Waals surface area contributed by atoms with E-state index < -0.39 is 0 Å². The van der Waals surface area contributed by atoms with E-state index in [9.17, 15) is 4.79 Å². The standard InChI is InChI=1S/C14H19NO2/c1-2-17-14(16)10-15-13-9-5-7-11-6-3-4-8-12(11)13/h3-4,6,8,13,15H,2,5,7,9-10H2,1H3. The van der Waals surface area contributed by atoms with Crippen LogP contribution in [-0.2, 0) is 16.0 Å². The summed E-state index contributed by atoms with van der Waals surface area (Å²) in [6.45, 7) is 2.57. The Morgan fingerprint density at radius 2 is 2.29 bits per heavy atom. The van der Waals surface area contributed by atoms with Gasteiger partial charge in [-0.2, -0.15) is 0 Å². The number of esters is 1. The van der Waals surface area contributed by atoms with E-state index in [1.54, 1.807) is 0 Å². The SMILES string of the molecule is CCOC(=O)CNC1CCCc2ccccc21. The normalized spacial score (nSPS) is 18.5. The Balaban J connectivity index is 1.97. The van der Waals surface area contributed by atoms with Crippen molar-refractivity contribution in [3.63, 3.8) is 0 Å². The van der Waals surface area contributed by atoms with E-state index in [0.29, 0.717) is 19.2 Å². The molecule has 3 nitrogen and oxygen atoms in total. The summed E-state index contributed by atoms with van der Waals surface area (Å²) in [6, 6.07) is 8.75. The Bertz CT molecular complexity index is 390. The fourth-order valence-electron chi connectivity index (χ4n) is 2.38. The summed E-state index contributed by atoms with van der Waals surface area (Å²) in [6.07, 6.45) is 3.42. The van der Waals surface area contributed by atoms with Crippen LogP contribution in [-0.4, -0.2) is 19.1 Å². The molecule has 0 fully saturated rings. The lowest BCUT2D eigenvalue weighted by atomic mass is 9.88. The van der Waals surface area contributed by atoms with Gasteiger partial charge in [0.05, 0.1) is 13.2 Å². The van der Waals surface area contributed by atoms with Crippen molar-refractivity contribution in [2.75, 3.05) is 13.2 Å². The molecule has 0 aromatic heterocycles. The van der Waals surface area contributed by atoms with Crippen molar-refractivity contribution in [1.82, 2.24) is 5.32 Å². The van der Waals surface area contributed by atoms with Crippen molar-refractivity contribution in [3.8, 4) is 0 Å². The van der Waals surface area contributed by atoms with Gasteiger partial charge in [-0.15, -0.1) is 0 Å². The van der Waals surface area contributed by atoms with Gasteiger partial charge in [-0.25, -0.2) is 0 Å². The molecule has 1 unspecified atom stereocenters. The molecule has 0 aliphatic heterocycles. The fourth-order valence-corrected chi connectivity index (χ4v) is 2.38. The Kier molecular flexibility index (Phi) is 4.15. The molecule has 0 saturated heterocycles. The van der Waals surface area contributed by atoms with Crippen molar-refractivity contribution in [2.45, 2.75) is 32.2 Å². The monoisotopic (exact) mass is 233 g/mol. The van der Waals surface area contributed by atoms with Gasteiger partial charge in [-0.3, -0.25) is 4.79 Å². The minimum Gasteiger partial charge on any atom is -0.465 e. The average Bonchev–Trinajstić information content (AvgIpc) is 2.36. The molecule has 0 amide bonds. The van der Waals surface area contributed by atoms with Crippen LogP contribution in [0.4, 0.5) is 0 Å². The Hall–Kier alpha value is -1.35. The smallest absolute Gasteiger partial charge is 0.319 e. The predicted octanol–water partition coefficient (Wildman–Crippen LogP) is 2.22. The number of hydrogen-bond donors (Lipinski definition) is 1. The Labute approximate surface area is 102 Å². The third-order valence-electron chi connectivity index (χ3n) is 3.17. The van der Waals surface area contributed by atoms with Crippen molar-refractivity contribution >= 4 is 5.97 Å². The van der Waals surface area contributed by atoms with Crippen molar-refractivity contribution in [2.24, 2.45) is 0 Å². The molecule has 1 aliphatic carbocycles. The maximum Gasteiger partial charge on any atom is 0.319 e. The lowest BCUT2D eigenvalue weighted by Crippen LogP contribution is -2.31. The molecular formula is C14H19NO2. The highest BCUT2D eigenvalue weighted by atomic mass is 16.5. The van der Waals surface area contributed by atoms with Crippen LogP contribution in [0.5, 0.6) is 0 Å². The second kappa shape index (κ2) is 5.82. The molecule has 0 heterocycles. The van der Waals surface area contributed by atoms with Gasteiger partial charge in [0.25, 0.3) is 0 Å². The van der Waals surface area contributed by atoms with Crippen LogP contribution in [0.2, 0.25) is 0 Å². The number of benzene rings is 1. The van der Waals surface area contributed by atoms with Gasteiger partial charge >= 0.3 is 5.97 Å². The van der Waals surface area contributed by atoms with E-state index in [1.165, 1.54) is 17.5 Å². The first-order valence-electron chi connectivity index (χ1n) is 6.28. The number of fused-ring (bicyclic) bond motifs is 1. The Morgan fingerprint density at radius 1 is 1.47 bits per heavy atom. The second-order valence-corrected chi connectivity index (χ2v) is 4.33. The van der Waals surface area contributed by atoms with Gasteiger partial charge in [-0.1, -0.05) is 24.3 Å². The first-order valence-corrected chi connectivity index (χ1v) is 6.28. The molecular weight excluding hydrogens is 214 g/mol. The minimum atomic E-state index is -0.171. The van der Waals surface area contributed by atoms with E-state index in [0.717, 1.165) is 12.8 Å². The highest BCUT2D eigenvalue weighted by molar-refractivity contribution is 5.71. The molecule has 3 heteroatoms. The summed E-state index contributed by atoms with van der Waals surface area (Å²) in [7, 11) is 0. The van der Waals surface area contributed by atoms with Crippen LogP contribution in [0.3, 0.4) is 0 Å². The number of ether oxygens (including phenoxy) is 1. The van der Waals surface area contributed by atoms with Gasteiger partial charge in [0.15, 0.2) is 0 Å². The van der Waals surface area contributed by atoms with Gasteiger partial charge in [0.2, 0.25) is 0 Å². The largest absolute Gasteiger partial charge is 0.465 e. The van der Waals surface area contributed by atoms with E-state index in [1.807, 2.05) is 6.92 Å². The van der Waals surface area contributed by atoms with Gasteiger partial charge in [-0.05, 0) is 37.3 Å². The zero-order valence-electron chi connectivity index (χ0n) is 10.2. The van der Waals surface area contributed by atoms with Crippen molar-refractivity contribution in [3.05, 3.63) is 35.4 Å². The number of carbonyl (C=O) groups excluding carboxylic acids is 1. The molecule has 2 rings (SSSR count). The first kappa shape index (κ1) is 12.1. The highest BCUT2D eigenvalue weighted by Crippen LogP contribution is 2.29. The quantitative estimate of drug-likeness (QED) is 0.810. The fraction of sp³-hybridized carbons (Fsp3) is 0.500. The predicted molar refractivity (Wildman–Crippen MR) is 66.8 cm³/mol. The van der Waals surface area contributed by atoms with E-state index in [-0.39, 0.29) is 5.97 Å². The molecule has 1 aliphatic rings. The molecule has 1 N–H and O–H groups in total. The summed E-state index contributed by atoms with van der Waals surface area (Å²) >= 11 is 0. The maximum absolute atomic E-state index is 11.3. The highest BCUT2D eigenvalue weighted by Gasteiger charge is 2.19. The molecule has 17 heavy (non-hydrogen) atoms. The van der Waals surface area contributed by atoms with E-state index in [2.05, 4.69) is 29.6 Å². The lowest BCUT2D eigenvalue weighted by Gasteiger charge is -2.26. The molecule has 0 bridgehead atoms. The first-order chi connectivity index (χ1) is 8.31. The number of aryl methyl sites for hydroxylation is 1. The summed E-state index contributed by atoms with van der Waals surface area (Å²) in [5.74, 6) is -0.171. The van der Waals surface area contributed by atoms with Crippen LogP contribution in [0, 0.1) is 0 Å². The van der Waals surface area contributed by atoms with Crippen LogP contribution in [0.1, 0.15) is 36.9 Å². The van der Waals surface area contributed by atoms with Crippen LogP contribution >= 0.6 is 0 Å². The van der Waals surface area contributed by atoms with Gasteiger partial charge in [0, 0.05) is 6.04 Å². The summed E-state index contributed by atoms with van der Waals surface area (Å²) in [5.41, 5.74) is 2.74. The molecule has 0 radical (unpaired) electrons. The molecule has 0 saturated carbocycles. The topological polar surface area (TPSA) is 38.3 Å². The van der Waals surface area contributed by atoms with Gasteiger partial charge in [0.1, 0.15) is 0 Å². The lowest BCUT2D eigenvalue weighted by molar-refractivity contribution is -0.142. The number of hydrogen-bond acceptors (Lipinski definition) is 3. The molecule has 1 aromatic carbocycles. The molecule has 92 valence electrons. The van der Waals surface area contributed by atoms with E-state index in [4.69, 9.17) is 4.74 Å². The second-order valence-electron chi connectivity index (χ2n) is 4.33. The third-order valence-corrected chi connectivity index (χ3v) is 3.17. The van der Waals surface area contributed by atoms with Gasteiger partial charge < -0.3 is 10.1 Å². The van der Waals surface area contributed by atoms with Crippen LogP contribution in [0.15, 0.2) is 24.3 Å². The molecule has 1 aromatic rings. The summed E-state index contributed by atoms with van der Waals surface area (Å²) < 4.78 is 4.92. The zero-order valence-corrected chi connectivity index (χ0v) is 10.2. The number of nitrogens with one attached hydrogen (secondary N) is 1. The van der Waals surface area contributed by atoms with Crippen LogP contribution in [0.25, 0.3) is 0 Å². The number of carbonyl (C=O) groups is 1. The van der Waals surface area contributed by atoms with Crippen molar-refractivity contribution < 1.29 is 9.53 Å². The van der Waals surface area contributed by atoms with Crippen molar-refractivity contribution in [1.29, 1.82) is 0 Å². The average molecular weight is 233 g/mol. The molecule has 1 atom stereocenters. The third kappa shape index (κ3) is 3.07. The minimum absolute atomic E-state index is 0.171. The molecule has 0 spiro atoms.